The van der Waals surface area contributed by atoms with Crippen molar-refractivity contribution in [2.45, 2.75) is 13.3 Å². The van der Waals surface area contributed by atoms with E-state index >= 15 is 0 Å². The Hall–Kier alpha value is -1.61. The lowest BCUT2D eigenvalue weighted by molar-refractivity contribution is 0.405. The fourth-order valence-corrected chi connectivity index (χ4v) is 2.05. The van der Waals surface area contributed by atoms with Gasteiger partial charge in [-0.1, -0.05) is 18.2 Å². The van der Waals surface area contributed by atoms with Gasteiger partial charge in [0.1, 0.15) is 5.82 Å². The molecule has 2 rings (SSSR count). The van der Waals surface area contributed by atoms with Crippen molar-refractivity contribution in [1.29, 1.82) is 0 Å². The molecule has 0 fully saturated rings. The minimum absolute atomic E-state index is 0.961. The molecule has 0 unspecified atom stereocenters. The smallest absolute Gasteiger partial charge is 0.126 e. The highest BCUT2D eigenvalue weighted by atomic mass is 15.1. The third-order valence-electron chi connectivity index (χ3n) is 3.01. The highest BCUT2D eigenvalue weighted by Crippen LogP contribution is 2.19. The summed E-state index contributed by atoms with van der Waals surface area (Å²) in [5, 5.41) is 4.63. The normalized spacial score (nSPS) is 11.1. The van der Waals surface area contributed by atoms with Crippen molar-refractivity contribution in [2.24, 2.45) is 0 Å². The molecule has 0 bridgehead atoms. The van der Waals surface area contributed by atoms with E-state index in [0.29, 0.717) is 0 Å². The van der Waals surface area contributed by atoms with Crippen molar-refractivity contribution >= 4 is 16.7 Å². The minimum atomic E-state index is 0.961. The van der Waals surface area contributed by atoms with E-state index < -0.39 is 0 Å². The maximum Gasteiger partial charge on any atom is 0.126 e. The second kappa shape index (κ2) is 5.83. The number of benzene rings is 1. The van der Waals surface area contributed by atoms with Crippen LogP contribution in [0.4, 0.5) is 5.82 Å². The number of para-hydroxylation sites is 1. The van der Waals surface area contributed by atoms with Crippen molar-refractivity contribution in [1.82, 2.24) is 9.88 Å². The molecule has 96 valence electrons. The summed E-state index contributed by atoms with van der Waals surface area (Å²) in [7, 11) is 4.19. The molecule has 0 amide bonds. The van der Waals surface area contributed by atoms with E-state index in [-0.39, 0.29) is 0 Å². The van der Waals surface area contributed by atoms with Gasteiger partial charge in [-0.2, -0.15) is 0 Å². The zero-order chi connectivity index (χ0) is 13.0. The molecule has 0 spiro atoms. The lowest BCUT2D eigenvalue weighted by Crippen LogP contribution is -2.16. The van der Waals surface area contributed by atoms with Gasteiger partial charge in [0.05, 0.1) is 5.52 Å². The van der Waals surface area contributed by atoms with E-state index in [1.807, 2.05) is 6.07 Å². The SMILES string of the molecule is Cc1cc(NCCCN(C)C)nc2ccccc12. The molecule has 2 aromatic rings. The van der Waals surface area contributed by atoms with Crippen molar-refractivity contribution in [3.8, 4) is 0 Å². The number of hydrogen-bond acceptors (Lipinski definition) is 3. The number of nitrogens with one attached hydrogen (secondary N) is 1. The number of aromatic nitrogens is 1. The molecule has 0 aliphatic heterocycles. The Bertz CT molecular complexity index is 520. The molecule has 1 aromatic heterocycles. The third kappa shape index (κ3) is 3.20. The lowest BCUT2D eigenvalue weighted by atomic mass is 10.1. The van der Waals surface area contributed by atoms with E-state index in [9.17, 15) is 0 Å². The first kappa shape index (κ1) is 12.8. The zero-order valence-corrected chi connectivity index (χ0v) is 11.4. The summed E-state index contributed by atoms with van der Waals surface area (Å²) in [5.74, 6) is 0.977. The number of aryl methyl sites for hydroxylation is 1. The van der Waals surface area contributed by atoms with Gasteiger partial charge >= 0.3 is 0 Å². The number of nitrogens with zero attached hydrogens (tertiary/aromatic N) is 2. The van der Waals surface area contributed by atoms with Crippen LogP contribution in [-0.2, 0) is 0 Å². The molecule has 3 nitrogen and oxygen atoms in total. The van der Waals surface area contributed by atoms with E-state index in [1.54, 1.807) is 0 Å². The van der Waals surface area contributed by atoms with E-state index in [2.05, 4.69) is 60.5 Å². The predicted octanol–water partition coefficient (Wildman–Crippen LogP) is 2.91. The summed E-state index contributed by atoms with van der Waals surface area (Å²) in [6.07, 6.45) is 1.13. The van der Waals surface area contributed by atoms with Gasteiger partial charge in [-0.05, 0) is 51.7 Å². The van der Waals surface area contributed by atoms with Crippen LogP contribution < -0.4 is 5.32 Å². The molecule has 3 heteroatoms. The largest absolute Gasteiger partial charge is 0.370 e. The average molecular weight is 243 g/mol. The lowest BCUT2D eigenvalue weighted by Gasteiger charge is -2.11. The van der Waals surface area contributed by atoms with Crippen LogP contribution in [0.3, 0.4) is 0 Å². The Labute approximate surface area is 109 Å². The molecule has 0 radical (unpaired) electrons. The number of anilines is 1. The molecule has 1 heterocycles. The van der Waals surface area contributed by atoms with Gasteiger partial charge in [0.15, 0.2) is 0 Å². The molecule has 0 saturated heterocycles. The van der Waals surface area contributed by atoms with Gasteiger partial charge in [-0.15, -0.1) is 0 Å². The molecular weight excluding hydrogens is 222 g/mol. The maximum atomic E-state index is 4.63. The Morgan fingerprint density at radius 1 is 1.22 bits per heavy atom. The molecule has 1 N–H and O–H groups in total. The fraction of sp³-hybridized carbons (Fsp3) is 0.400. The summed E-state index contributed by atoms with van der Waals surface area (Å²) in [4.78, 5) is 6.82. The topological polar surface area (TPSA) is 28.2 Å². The molecule has 0 aliphatic rings. The zero-order valence-electron chi connectivity index (χ0n) is 11.4. The molecular formula is C15H21N3. The summed E-state index contributed by atoms with van der Waals surface area (Å²) in [5.41, 5.74) is 2.34. The summed E-state index contributed by atoms with van der Waals surface area (Å²) >= 11 is 0. The van der Waals surface area contributed by atoms with Gasteiger partial charge in [-0.3, -0.25) is 0 Å². The monoisotopic (exact) mass is 243 g/mol. The van der Waals surface area contributed by atoms with Gasteiger partial charge in [0, 0.05) is 11.9 Å². The van der Waals surface area contributed by atoms with Crippen molar-refractivity contribution < 1.29 is 0 Å². The van der Waals surface area contributed by atoms with E-state index in [1.165, 1.54) is 10.9 Å². The molecule has 1 aromatic carbocycles. The highest BCUT2D eigenvalue weighted by molar-refractivity contribution is 5.83. The summed E-state index contributed by atoms with van der Waals surface area (Å²) in [6, 6.07) is 10.4. The van der Waals surface area contributed by atoms with Crippen LogP contribution in [0.1, 0.15) is 12.0 Å². The maximum absolute atomic E-state index is 4.63. The Morgan fingerprint density at radius 3 is 2.78 bits per heavy atom. The Kier molecular flexibility index (Phi) is 4.15. The van der Waals surface area contributed by atoms with Crippen molar-refractivity contribution in [2.75, 3.05) is 32.5 Å². The first-order valence-electron chi connectivity index (χ1n) is 6.42. The highest BCUT2D eigenvalue weighted by Gasteiger charge is 2.01. The third-order valence-corrected chi connectivity index (χ3v) is 3.01. The second-order valence-corrected chi connectivity index (χ2v) is 4.93. The molecule has 0 aliphatic carbocycles. The average Bonchev–Trinajstić information content (AvgIpc) is 2.35. The van der Waals surface area contributed by atoms with Crippen LogP contribution in [0.2, 0.25) is 0 Å². The molecule has 0 atom stereocenters. The summed E-state index contributed by atoms with van der Waals surface area (Å²) in [6.45, 7) is 4.19. The second-order valence-electron chi connectivity index (χ2n) is 4.93. The number of rotatable bonds is 5. The van der Waals surface area contributed by atoms with Crippen LogP contribution in [0.5, 0.6) is 0 Å². The van der Waals surface area contributed by atoms with Crippen LogP contribution in [0.25, 0.3) is 10.9 Å². The van der Waals surface area contributed by atoms with Gasteiger partial charge in [0.25, 0.3) is 0 Å². The fourth-order valence-electron chi connectivity index (χ4n) is 2.05. The van der Waals surface area contributed by atoms with Gasteiger partial charge < -0.3 is 10.2 Å². The van der Waals surface area contributed by atoms with Crippen LogP contribution in [-0.4, -0.2) is 37.1 Å². The summed E-state index contributed by atoms with van der Waals surface area (Å²) < 4.78 is 0. The van der Waals surface area contributed by atoms with Crippen molar-refractivity contribution in [3.63, 3.8) is 0 Å². The number of pyridine rings is 1. The predicted molar refractivity (Wildman–Crippen MR) is 78.1 cm³/mol. The first-order valence-corrected chi connectivity index (χ1v) is 6.42. The number of fused-ring (bicyclic) bond motifs is 1. The standard InChI is InChI=1S/C15H21N3/c1-12-11-15(16-9-6-10-18(2)3)17-14-8-5-4-7-13(12)14/h4-5,7-8,11H,6,9-10H2,1-3H3,(H,16,17). The van der Waals surface area contributed by atoms with Gasteiger partial charge in [0.2, 0.25) is 0 Å². The van der Waals surface area contributed by atoms with Crippen LogP contribution in [0, 0.1) is 6.92 Å². The van der Waals surface area contributed by atoms with E-state index in [0.717, 1.165) is 30.8 Å². The Balaban J connectivity index is 2.05. The van der Waals surface area contributed by atoms with Crippen LogP contribution >= 0.6 is 0 Å². The molecule has 18 heavy (non-hydrogen) atoms. The quantitative estimate of drug-likeness (QED) is 0.818. The van der Waals surface area contributed by atoms with E-state index in [4.69, 9.17) is 0 Å². The van der Waals surface area contributed by atoms with Gasteiger partial charge in [-0.25, -0.2) is 4.98 Å². The minimum Gasteiger partial charge on any atom is -0.370 e. The Morgan fingerprint density at radius 2 is 2.00 bits per heavy atom. The van der Waals surface area contributed by atoms with Crippen LogP contribution in [0.15, 0.2) is 30.3 Å². The van der Waals surface area contributed by atoms with Crippen molar-refractivity contribution in [3.05, 3.63) is 35.9 Å². The number of hydrogen-bond donors (Lipinski definition) is 1. The molecule has 0 saturated carbocycles. The first-order chi connectivity index (χ1) is 8.66.